The zero-order valence-electron chi connectivity index (χ0n) is 12.6. The van der Waals surface area contributed by atoms with Crippen molar-refractivity contribution >= 4 is 21.8 Å². The normalized spacial score (nSPS) is 17.0. The Kier molecular flexibility index (Phi) is 6.09. The fourth-order valence-electron chi connectivity index (χ4n) is 2.06. The molecule has 0 saturated heterocycles. The lowest BCUT2D eigenvalue weighted by Gasteiger charge is -2.11. The van der Waals surface area contributed by atoms with Gasteiger partial charge in [-0.1, -0.05) is 0 Å². The van der Waals surface area contributed by atoms with Crippen LogP contribution < -0.4 is 10.0 Å². The molecule has 21 heavy (non-hydrogen) atoms. The van der Waals surface area contributed by atoms with Gasteiger partial charge in [0.25, 0.3) is 0 Å². The summed E-state index contributed by atoms with van der Waals surface area (Å²) in [6.45, 7) is 3.55. The Morgan fingerprint density at radius 1 is 1.52 bits per heavy atom. The first-order valence-electron chi connectivity index (χ1n) is 7.28. The average Bonchev–Trinajstić information content (AvgIpc) is 3.10. The van der Waals surface area contributed by atoms with Crippen LogP contribution >= 0.6 is 11.8 Å². The van der Waals surface area contributed by atoms with E-state index in [1.54, 1.807) is 22.6 Å². The molecular formula is C13H24N4O2S2. The van der Waals surface area contributed by atoms with Crippen LogP contribution in [0.3, 0.4) is 0 Å². The van der Waals surface area contributed by atoms with Crippen LogP contribution in [0.2, 0.25) is 0 Å². The number of aryl methyl sites for hydroxylation is 1. The second kappa shape index (κ2) is 7.62. The first-order chi connectivity index (χ1) is 10.0. The second-order valence-electron chi connectivity index (χ2n) is 5.50. The molecule has 0 bridgehead atoms. The molecule has 6 nitrogen and oxygen atoms in total. The zero-order chi connectivity index (χ0) is 15.3. The molecule has 1 atom stereocenters. The van der Waals surface area contributed by atoms with E-state index in [1.165, 1.54) is 19.0 Å². The van der Waals surface area contributed by atoms with Crippen molar-refractivity contribution in [2.24, 2.45) is 0 Å². The van der Waals surface area contributed by atoms with Gasteiger partial charge in [0.1, 0.15) is 4.90 Å². The molecule has 2 N–H and O–H groups in total. The largest absolute Gasteiger partial charge is 0.314 e. The van der Waals surface area contributed by atoms with Crippen molar-refractivity contribution in [2.75, 3.05) is 18.6 Å². The lowest BCUT2D eigenvalue weighted by Crippen LogP contribution is -2.34. The highest BCUT2D eigenvalue weighted by atomic mass is 32.2. The number of nitrogens with zero attached hydrogens (tertiary/aromatic N) is 2. The van der Waals surface area contributed by atoms with Crippen molar-refractivity contribution in [3.63, 3.8) is 0 Å². The van der Waals surface area contributed by atoms with Gasteiger partial charge in [0.2, 0.25) is 10.0 Å². The van der Waals surface area contributed by atoms with Crippen LogP contribution in [-0.4, -0.2) is 48.8 Å². The van der Waals surface area contributed by atoms with E-state index in [2.05, 4.69) is 15.1 Å². The van der Waals surface area contributed by atoms with Gasteiger partial charge in [-0.25, -0.2) is 13.1 Å². The fourth-order valence-corrected chi connectivity index (χ4v) is 3.94. The number of nitrogens with one attached hydrogen (secondary N) is 2. The SMILES string of the molecule is CSCC(C)NS(=O)(=O)c1cnn(CCCNC2CC2)c1. The molecule has 1 heterocycles. The Balaban J connectivity index is 1.82. The summed E-state index contributed by atoms with van der Waals surface area (Å²) < 4.78 is 28.7. The Hall–Kier alpha value is -0.570. The van der Waals surface area contributed by atoms with Crippen molar-refractivity contribution in [3.8, 4) is 0 Å². The summed E-state index contributed by atoms with van der Waals surface area (Å²) in [5, 5.41) is 7.56. The lowest BCUT2D eigenvalue weighted by atomic mass is 10.4. The van der Waals surface area contributed by atoms with Gasteiger partial charge in [-0.05, 0) is 39.0 Å². The van der Waals surface area contributed by atoms with Crippen LogP contribution in [0, 0.1) is 0 Å². The molecule has 0 aliphatic heterocycles. The van der Waals surface area contributed by atoms with Gasteiger partial charge in [-0.15, -0.1) is 0 Å². The molecule has 0 aromatic carbocycles. The standard InChI is InChI=1S/C13H24N4O2S2/c1-11(10-20-2)16-21(18,19)13-8-15-17(9-13)7-3-6-14-12-4-5-12/h8-9,11-12,14,16H,3-7,10H2,1-2H3. The second-order valence-corrected chi connectivity index (χ2v) is 8.12. The highest BCUT2D eigenvalue weighted by Gasteiger charge is 2.20. The van der Waals surface area contributed by atoms with E-state index < -0.39 is 10.0 Å². The Bertz CT molecular complexity index is 540. The van der Waals surface area contributed by atoms with E-state index in [0.29, 0.717) is 6.04 Å². The monoisotopic (exact) mass is 332 g/mol. The molecule has 0 amide bonds. The summed E-state index contributed by atoms with van der Waals surface area (Å²) in [6.07, 6.45) is 8.49. The molecule has 1 fully saturated rings. The van der Waals surface area contributed by atoms with Gasteiger partial charge >= 0.3 is 0 Å². The van der Waals surface area contributed by atoms with Crippen molar-refractivity contribution in [2.45, 2.75) is 49.7 Å². The quantitative estimate of drug-likeness (QED) is 0.627. The van der Waals surface area contributed by atoms with Gasteiger partial charge in [0.05, 0.1) is 6.20 Å². The lowest BCUT2D eigenvalue weighted by molar-refractivity contribution is 0.540. The summed E-state index contributed by atoms with van der Waals surface area (Å²) in [5.41, 5.74) is 0. The topological polar surface area (TPSA) is 76.0 Å². The number of hydrogen-bond acceptors (Lipinski definition) is 5. The maximum Gasteiger partial charge on any atom is 0.243 e. The third-order valence-electron chi connectivity index (χ3n) is 3.27. The zero-order valence-corrected chi connectivity index (χ0v) is 14.2. The van der Waals surface area contributed by atoms with Crippen LogP contribution in [0.15, 0.2) is 17.3 Å². The number of hydrogen-bond donors (Lipinski definition) is 2. The minimum absolute atomic E-state index is 0.0870. The van der Waals surface area contributed by atoms with Gasteiger partial charge in [-0.2, -0.15) is 16.9 Å². The van der Waals surface area contributed by atoms with Crippen molar-refractivity contribution in [1.29, 1.82) is 0 Å². The van der Waals surface area contributed by atoms with E-state index in [4.69, 9.17) is 0 Å². The number of thioether (sulfide) groups is 1. The van der Waals surface area contributed by atoms with Crippen LogP contribution in [-0.2, 0) is 16.6 Å². The van der Waals surface area contributed by atoms with Gasteiger partial charge < -0.3 is 5.32 Å². The minimum Gasteiger partial charge on any atom is -0.314 e. The van der Waals surface area contributed by atoms with Gasteiger partial charge in [0, 0.05) is 30.6 Å². The molecule has 1 aromatic rings. The first kappa shape index (κ1) is 16.8. The van der Waals surface area contributed by atoms with Gasteiger partial charge in [-0.3, -0.25) is 4.68 Å². The van der Waals surface area contributed by atoms with Gasteiger partial charge in [0.15, 0.2) is 0 Å². The summed E-state index contributed by atoms with van der Waals surface area (Å²) >= 11 is 1.62. The maximum absolute atomic E-state index is 12.2. The average molecular weight is 332 g/mol. The predicted molar refractivity (Wildman–Crippen MR) is 86.0 cm³/mol. The highest BCUT2D eigenvalue weighted by molar-refractivity contribution is 7.98. The number of aromatic nitrogens is 2. The molecule has 0 spiro atoms. The predicted octanol–water partition coefficient (Wildman–Crippen LogP) is 1.06. The van der Waals surface area contributed by atoms with Crippen molar-refractivity contribution in [3.05, 3.63) is 12.4 Å². The van der Waals surface area contributed by atoms with Crippen LogP contribution in [0.25, 0.3) is 0 Å². The van der Waals surface area contributed by atoms with E-state index in [-0.39, 0.29) is 10.9 Å². The summed E-state index contributed by atoms with van der Waals surface area (Å²) in [4.78, 5) is 0.241. The van der Waals surface area contributed by atoms with E-state index >= 15 is 0 Å². The summed E-state index contributed by atoms with van der Waals surface area (Å²) in [7, 11) is -3.46. The number of rotatable bonds is 10. The summed E-state index contributed by atoms with van der Waals surface area (Å²) in [6, 6.07) is 0.622. The molecular weight excluding hydrogens is 308 g/mol. The van der Waals surface area contributed by atoms with E-state index in [0.717, 1.165) is 25.3 Å². The Labute approximate surface area is 131 Å². The third-order valence-corrected chi connectivity index (χ3v) is 5.64. The molecule has 1 aromatic heterocycles. The molecule has 1 aliphatic carbocycles. The first-order valence-corrected chi connectivity index (χ1v) is 10.2. The molecule has 0 radical (unpaired) electrons. The number of sulfonamides is 1. The highest BCUT2D eigenvalue weighted by Crippen LogP contribution is 2.18. The van der Waals surface area contributed by atoms with E-state index in [1.807, 2.05) is 13.2 Å². The molecule has 120 valence electrons. The van der Waals surface area contributed by atoms with E-state index in [9.17, 15) is 8.42 Å². The van der Waals surface area contributed by atoms with Crippen LogP contribution in [0.4, 0.5) is 0 Å². The van der Waals surface area contributed by atoms with Crippen molar-refractivity contribution < 1.29 is 8.42 Å². The van der Waals surface area contributed by atoms with Crippen LogP contribution in [0.1, 0.15) is 26.2 Å². The Morgan fingerprint density at radius 2 is 2.29 bits per heavy atom. The molecule has 2 rings (SSSR count). The summed E-state index contributed by atoms with van der Waals surface area (Å²) in [5.74, 6) is 0.750. The maximum atomic E-state index is 12.2. The smallest absolute Gasteiger partial charge is 0.243 e. The molecule has 1 unspecified atom stereocenters. The minimum atomic E-state index is -3.46. The van der Waals surface area contributed by atoms with Crippen molar-refractivity contribution in [1.82, 2.24) is 19.8 Å². The molecule has 1 aliphatic rings. The van der Waals surface area contributed by atoms with Crippen LogP contribution in [0.5, 0.6) is 0 Å². The molecule has 8 heteroatoms. The molecule has 1 saturated carbocycles. The third kappa shape index (κ3) is 5.61. The Morgan fingerprint density at radius 3 is 2.95 bits per heavy atom. The fraction of sp³-hybridized carbons (Fsp3) is 0.769.